The monoisotopic (exact) mass is 368 g/mol. The van der Waals surface area contributed by atoms with Crippen molar-refractivity contribution in [3.05, 3.63) is 23.8 Å². The Bertz CT molecular complexity index is 438. The molecule has 0 spiro atoms. The van der Waals surface area contributed by atoms with Gasteiger partial charge in [-0.15, -0.1) is 24.0 Å². The number of amidine groups is 1. The van der Waals surface area contributed by atoms with Gasteiger partial charge in [0.25, 0.3) is 0 Å². The number of thioether (sulfide) groups is 1. The largest absolute Gasteiger partial charge is 0.507 e. The predicted molar refractivity (Wildman–Crippen MR) is 79.7 cm³/mol. The van der Waals surface area contributed by atoms with Crippen LogP contribution in [0.15, 0.2) is 23.2 Å². The van der Waals surface area contributed by atoms with Gasteiger partial charge >= 0.3 is 5.97 Å². The number of aromatic hydroxyl groups is 1. The summed E-state index contributed by atoms with van der Waals surface area (Å²) in [7, 11) is 1.25. The van der Waals surface area contributed by atoms with E-state index in [9.17, 15) is 9.90 Å². The Hall–Kier alpha value is -0.960. The van der Waals surface area contributed by atoms with Gasteiger partial charge in [-0.3, -0.25) is 0 Å². The minimum absolute atomic E-state index is 0. The molecule has 0 aromatic heterocycles. The first-order valence-electron chi connectivity index (χ1n) is 4.38. The fourth-order valence-electron chi connectivity index (χ4n) is 1.05. The first-order valence-corrected chi connectivity index (χ1v) is 5.60. The second kappa shape index (κ2) is 7.38. The smallest absolute Gasteiger partial charge is 0.341 e. The highest BCUT2D eigenvalue weighted by Crippen LogP contribution is 2.24. The minimum atomic E-state index is -0.592. The molecule has 0 aliphatic heterocycles. The first kappa shape index (κ1) is 16.0. The Morgan fingerprint density at radius 3 is 2.65 bits per heavy atom. The molecular weight excluding hydrogens is 355 g/mol. The highest BCUT2D eigenvalue weighted by molar-refractivity contribution is 14.0. The molecule has 0 heterocycles. The van der Waals surface area contributed by atoms with Gasteiger partial charge < -0.3 is 15.6 Å². The summed E-state index contributed by atoms with van der Waals surface area (Å²) in [5, 5.41) is 9.94. The third kappa shape index (κ3) is 4.43. The molecule has 7 heteroatoms. The van der Waals surface area contributed by atoms with Crippen LogP contribution in [0.3, 0.4) is 0 Å². The number of hydrogen-bond donors (Lipinski definition) is 2. The average Bonchev–Trinajstić information content (AvgIpc) is 2.28. The van der Waals surface area contributed by atoms with E-state index in [-0.39, 0.29) is 35.3 Å². The number of nitrogens with zero attached hydrogens (tertiary/aromatic N) is 1. The topological polar surface area (TPSA) is 84.9 Å². The second-order valence-corrected chi connectivity index (χ2v) is 3.67. The number of phenols is 1. The van der Waals surface area contributed by atoms with Crippen LogP contribution in [-0.4, -0.2) is 29.6 Å². The zero-order chi connectivity index (χ0) is 12.1. The number of benzene rings is 1. The van der Waals surface area contributed by atoms with E-state index in [1.54, 1.807) is 12.3 Å². The Morgan fingerprint density at radius 1 is 1.53 bits per heavy atom. The molecule has 5 nitrogen and oxygen atoms in total. The molecule has 1 rings (SSSR count). The van der Waals surface area contributed by atoms with Crippen molar-refractivity contribution in [1.29, 1.82) is 0 Å². The van der Waals surface area contributed by atoms with Gasteiger partial charge in [0.15, 0.2) is 5.17 Å². The number of phenolic OH excluding ortho intramolecular Hbond substituents is 1. The fourth-order valence-corrected chi connectivity index (χ4v) is 1.24. The standard InChI is InChI=1S/C10H12N2O3S.HI/c1-15-9(14)7-4-3-6(5-8(7)13)12-10(11)16-2;/h3-5,13H,1-2H3,(H2,11,12);1H. The molecule has 3 N–H and O–H groups in total. The van der Waals surface area contributed by atoms with Crippen molar-refractivity contribution < 1.29 is 14.6 Å². The number of hydrogen-bond acceptors (Lipinski definition) is 5. The average molecular weight is 368 g/mol. The Morgan fingerprint density at radius 2 is 2.18 bits per heavy atom. The molecule has 17 heavy (non-hydrogen) atoms. The molecule has 0 saturated heterocycles. The summed E-state index contributed by atoms with van der Waals surface area (Å²) in [6.45, 7) is 0. The van der Waals surface area contributed by atoms with Crippen LogP contribution in [0.2, 0.25) is 0 Å². The van der Waals surface area contributed by atoms with Gasteiger partial charge in [0.2, 0.25) is 0 Å². The number of rotatable bonds is 2. The van der Waals surface area contributed by atoms with Crippen LogP contribution >= 0.6 is 35.7 Å². The molecule has 0 bridgehead atoms. The molecule has 0 aliphatic carbocycles. The normalized spacial score (nSPS) is 10.6. The molecule has 0 amide bonds. The van der Waals surface area contributed by atoms with Gasteiger partial charge in [0.1, 0.15) is 11.3 Å². The second-order valence-electron chi connectivity index (χ2n) is 2.85. The summed E-state index contributed by atoms with van der Waals surface area (Å²) in [6.07, 6.45) is 1.79. The van der Waals surface area contributed by atoms with Crippen LogP contribution in [0.5, 0.6) is 5.75 Å². The third-order valence-corrected chi connectivity index (χ3v) is 2.34. The first-order chi connectivity index (χ1) is 7.58. The predicted octanol–water partition coefficient (Wildman–Crippen LogP) is 2.11. The Kier molecular flexibility index (Phi) is 6.97. The van der Waals surface area contributed by atoms with Crippen LogP contribution in [0.25, 0.3) is 0 Å². The van der Waals surface area contributed by atoms with Crippen LogP contribution in [0.1, 0.15) is 10.4 Å². The molecular formula is C10H13IN2O3S. The van der Waals surface area contributed by atoms with E-state index >= 15 is 0 Å². The van der Waals surface area contributed by atoms with Gasteiger partial charge in [-0.2, -0.15) is 0 Å². The lowest BCUT2D eigenvalue weighted by Crippen LogP contribution is -2.04. The number of ether oxygens (including phenoxy) is 1. The van der Waals surface area contributed by atoms with Gasteiger partial charge in [0.05, 0.1) is 12.8 Å². The maximum Gasteiger partial charge on any atom is 0.341 e. The molecule has 0 atom stereocenters. The molecule has 0 unspecified atom stereocenters. The van der Waals surface area contributed by atoms with Crippen molar-refractivity contribution in [3.8, 4) is 5.75 Å². The fraction of sp³-hybridized carbons (Fsp3) is 0.200. The van der Waals surface area contributed by atoms with Crippen molar-refractivity contribution in [2.45, 2.75) is 0 Å². The number of carbonyl (C=O) groups is 1. The molecule has 0 aliphatic rings. The highest BCUT2D eigenvalue weighted by atomic mass is 127. The summed E-state index contributed by atoms with van der Waals surface area (Å²) in [4.78, 5) is 15.2. The van der Waals surface area contributed by atoms with Crippen molar-refractivity contribution in [3.63, 3.8) is 0 Å². The van der Waals surface area contributed by atoms with Crippen molar-refractivity contribution in [1.82, 2.24) is 0 Å². The summed E-state index contributed by atoms with van der Waals surface area (Å²) in [5.41, 5.74) is 6.10. The molecule has 0 fully saturated rings. The van der Waals surface area contributed by atoms with Crippen LogP contribution < -0.4 is 5.73 Å². The van der Waals surface area contributed by atoms with E-state index in [0.29, 0.717) is 10.9 Å². The summed E-state index contributed by atoms with van der Waals surface area (Å²) >= 11 is 1.29. The lowest BCUT2D eigenvalue weighted by atomic mass is 10.2. The molecule has 0 saturated carbocycles. The number of carbonyl (C=O) groups excluding carboxylic acids is 1. The van der Waals surface area contributed by atoms with Crippen LogP contribution in [-0.2, 0) is 4.74 Å². The van der Waals surface area contributed by atoms with E-state index in [2.05, 4.69) is 9.73 Å². The maximum atomic E-state index is 11.2. The lowest BCUT2D eigenvalue weighted by molar-refractivity contribution is 0.0597. The van der Waals surface area contributed by atoms with Gasteiger partial charge in [-0.25, -0.2) is 9.79 Å². The van der Waals surface area contributed by atoms with Crippen LogP contribution in [0.4, 0.5) is 5.69 Å². The lowest BCUT2D eigenvalue weighted by Gasteiger charge is -2.03. The molecule has 0 radical (unpaired) electrons. The van der Waals surface area contributed by atoms with E-state index in [0.717, 1.165) is 0 Å². The Labute approximate surface area is 120 Å². The quantitative estimate of drug-likeness (QED) is 0.362. The van der Waals surface area contributed by atoms with E-state index in [1.807, 2.05) is 0 Å². The number of methoxy groups -OCH3 is 1. The summed E-state index contributed by atoms with van der Waals surface area (Å²) in [5.74, 6) is -0.770. The summed E-state index contributed by atoms with van der Waals surface area (Å²) < 4.78 is 4.50. The maximum absolute atomic E-state index is 11.2. The van der Waals surface area contributed by atoms with Crippen molar-refractivity contribution in [2.75, 3.05) is 13.4 Å². The number of nitrogens with two attached hydrogens (primary N) is 1. The number of esters is 1. The van der Waals surface area contributed by atoms with Gasteiger partial charge in [-0.1, -0.05) is 11.8 Å². The SMILES string of the molecule is COC(=O)c1ccc(N=C(N)SC)cc1O.I. The zero-order valence-electron chi connectivity index (χ0n) is 9.34. The van der Waals surface area contributed by atoms with E-state index < -0.39 is 5.97 Å². The number of aliphatic imine (C=N–C) groups is 1. The molecule has 1 aromatic rings. The van der Waals surface area contributed by atoms with Crippen molar-refractivity contribution >= 4 is 52.6 Å². The zero-order valence-corrected chi connectivity index (χ0v) is 12.5. The third-order valence-electron chi connectivity index (χ3n) is 1.84. The molecule has 94 valence electrons. The number of halogens is 1. The van der Waals surface area contributed by atoms with Crippen LogP contribution in [0, 0.1) is 0 Å². The minimum Gasteiger partial charge on any atom is -0.507 e. The van der Waals surface area contributed by atoms with Gasteiger partial charge in [0, 0.05) is 6.07 Å². The molecule has 1 aromatic carbocycles. The summed E-state index contributed by atoms with van der Waals surface area (Å²) in [6, 6.07) is 4.37. The Balaban J connectivity index is 0.00000256. The van der Waals surface area contributed by atoms with Gasteiger partial charge in [-0.05, 0) is 18.4 Å². The van der Waals surface area contributed by atoms with E-state index in [1.165, 1.54) is 31.0 Å². The van der Waals surface area contributed by atoms with E-state index in [4.69, 9.17) is 5.73 Å². The van der Waals surface area contributed by atoms with Crippen molar-refractivity contribution in [2.24, 2.45) is 10.7 Å². The highest BCUT2D eigenvalue weighted by Gasteiger charge is 2.11.